The Morgan fingerprint density at radius 2 is 1.74 bits per heavy atom. The van der Waals surface area contributed by atoms with Crippen molar-refractivity contribution in [2.45, 2.75) is 45.3 Å². The van der Waals surface area contributed by atoms with Crippen LogP contribution in [0.2, 0.25) is 0 Å². The van der Waals surface area contributed by atoms with Crippen molar-refractivity contribution in [3.8, 4) is 28.8 Å². The number of methoxy groups -OCH3 is 1. The van der Waals surface area contributed by atoms with Crippen LogP contribution in [0.4, 0.5) is 0 Å². The van der Waals surface area contributed by atoms with Gasteiger partial charge in [-0.15, -0.1) is 35.7 Å². The van der Waals surface area contributed by atoms with Gasteiger partial charge in [0.05, 0.1) is 12.8 Å². The normalized spacial score (nSPS) is 18.0. The molecule has 6 aromatic rings. The molecule has 0 saturated carbocycles. The first-order valence-corrected chi connectivity index (χ1v) is 16.6. The molecule has 236 valence electrons. The van der Waals surface area contributed by atoms with Crippen LogP contribution in [0.15, 0.2) is 84.6 Å². The maximum Gasteiger partial charge on any atom is 2.00 e. The molecule has 3 aromatic carbocycles. The third-order valence-electron chi connectivity index (χ3n) is 9.01. The zero-order valence-corrected chi connectivity index (χ0v) is 29.9. The van der Waals surface area contributed by atoms with Crippen LogP contribution >= 0.6 is 11.8 Å². The average molecular weight is 808 g/mol. The maximum absolute atomic E-state index is 6.41. The third kappa shape index (κ3) is 5.69. The van der Waals surface area contributed by atoms with Gasteiger partial charge in [0.25, 0.3) is 0 Å². The van der Waals surface area contributed by atoms with Gasteiger partial charge < -0.3 is 14.0 Å². The van der Waals surface area contributed by atoms with E-state index >= 15 is 0 Å². The number of ether oxygens (including phenoxy) is 2. The summed E-state index contributed by atoms with van der Waals surface area (Å²) in [6.07, 6.45) is 7.58. The van der Waals surface area contributed by atoms with E-state index < -0.39 is 0 Å². The number of thioether (sulfide) groups is 1. The van der Waals surface area contributed by atoms with Gasteiger partial charge in [-0.05, 0) is 62.6 Å². The van der Waals surface area contributed by atoms with E-state index in [0.717, 1.165) is 50.4 Å². The summed E-state index contributed by atoms with van der Waals surface area (Å²) in [6, 6.07) is 29.1. The summed E-state index contributed by atoms with van der Waals surface area (Å²) in [5, 5.41) is 7.78. The quantitative estimate of drug-likeness (QED) is 0.119. The molecule has 1 aliphatic rings. The fourth-order valence-corrected chi connectivity index (χ4v) is 7.84. The van der Waals surface area contributed by atoms with Crippen molar-refractivity contribution >= 4 is 33.6 Å². The first-order valence-electron chi connectivity index (χ1n) is 15.3. The van der Waals surface area contributed by atoms with Gasteiger partial charge in [-0.25, -0.2) is 4.98 Å². The fraction of sp³-hybridized carbons (Fsp3) is 0.263. The summed E-state index contributed by atoms with van der Waals surface area (Å²) >= 11 is 1.94. The summed E-state index contributed by atoms with van der Waals surface area (Å²) in [6.45, 7) is 8.94. The van der Waals surface area contributed by atoms with E-state index in [0.29, 0.717) is 28.6 Å². The molecular formula is C38H36N4O2PtS. The second-order valence-electron chi connectivity index (χ2n) is 11.9. The number of hydrogen-bond donors (Lipinski definition) is 0. The Bertz CT molecular complexity index is 2080. The van der Waals surface area contributed by atoms with Gasteiger partial charge in [0.15, 0.2) is 0 Å². The molecule has 0 fully saturated rings. The van der Waals surface area contributed by atoms with Crippen molar-refractivity contribution in [2.24, 2.45) is 5.92 Å². The first-order chi connectivity index (χ1) is 21.9. The number of fused-ring (bicyclic) bond motifs is 3. The largest absolute Gasteiger partial charge is 2.00 e. The van der Waals surface area contributed by atoms with Crippen molar-refractivity contribution in [3.05, 3.63) is 114 Å². The van der Waals surface area contributed by atoms with Crippen molar-refractivity contribution < 1.29 is 30.5 Å². The number of aromatic nitrogens is 4. The summed E-state index contributed by atoms with van der Waals surface area (Å²) in [4.78, 5) is 4.66. The predicted octanol–water partition coefficient (Wildman–Crippen LogP) is 9.18. The Morgan fingerprint density at radius 3 is 2.52 bits per heavy atom. The maximum atomic E-state index is 6.41. The molecule has 6 nitrogen and oxygen atoms in total. The molecule has 1 aliphatic carbocycles. The molecule has 0 spiro atoms. The molecule has 0 saturated heterocycles. The number of hydrogen-bond acceptors (Lipinski definition) is 5. The molecule has 0 bridgehead atoms. The van der Waals surface area contributed by atoms with Crippen LogP contribution in [-0.4, -0.2) is 37.9 Å². The number of para-hydroxylation sites is 1. The monoisotopic (exact) mass is 807 g/mol. The molecule has 0 amide bonds. The Hall–Kier alpha value is -3.80. The minimum absolute atomic E-state index is 0. The van der Waals surface area contributed by atoms with Crippen LogP contribution in [0.1, 0.15) is 43.1 Å². The van der Waals surface area contributed by atoms with Gasteiger partial charge >= 0.3 is 21.1 Å². The number of aryl methyl sites for hydroxylation is 1. The van der Waals surface area contributed by atoms with Gasteiger partial charge in [0.2, 0.25) is 0 Å². The Labute approximate surface area is 289 Å². The fourth-order valence-electron chi connectivity index (χ4n) is 6.99. The van der Waals surface area contributed by atoms with E-state index in [1.165, 1.54) is 17.6 Å². The molecular weight excluding hydrogens is 772 g/mol. The van der Waals surface area contributed by atoms with E-state index in [9.17, 15) is 0 Å². The Morgan fingerprint density at radius 1 is 0.935 bits per heavy atom. The number of benzene rings is 3. The van der Waals surface area contributed by atoms with E-state index in [-0.39, 0.29) is 21.1 Å². The molecule has 3 heterocycles. The predicted molar refractivity (Wildman–Crippen MR) is 183 cm³/mol. The SMILES string of the molecule is COc1ccnc(-n2c3[c-]c(Oc4[c-]c(-n5nc(C)c(C6C(C)=C[C@H](SC)C[C@@H]6C)c5C)ccc4)ccc3c3ccccc32)c1.[Pt+2]. The molecule has 8 heteroatoms. The summed E-state index contributed by atoms with van der Waals surface area (Å²) in [7, 11) is 1.66. The second kappa shape index (κ2) is 13.1. The van der Waals surface area contributed by atoms with E-state index in [4.69, 9.17) is 14.6 Å². The number of pyridine rings is 1. The number of allylic oxidation sites excluding steroid dienone is 1. The topological polar surface area (TPSA) is 54.1 Å². The van der Waals surface area contributed by atoms with E-state index in [1.807, 2.05) is 65.0 Å². The molecule has 7 rings (SSSR count). The smallest absolute Gasteiger partial charge is 0.509 e. The van der Waals surface area contributed by atoms with E-state index in [2.05, 4.69) is 79.9 Å². The molecule has 3 atom stereocenters. The first kappa shape index (κ1) is 32.2. The molecule has 0 aliphatic heterocycles. The van der Waals surface area contributed by atoms with Gasteiger partial charge in [-0.2, -0.15) is 29.0 Å². The van der Waals surface area contributed by atoms with Crippen molar-refractivity contribution in [2.75, 3.05) is 13.4 Å². The third-order valence-corrected chi connectivity index (χ3v) is 9.95. The zero-order valence-electron chi connectivity index (χ0n) is 26.8. The minimum Gasteiger partial charge on any atom is -0.509 e. The van der Waals surface area contributed by atoms with Crippen LogP contribution in [-0.2, 0) is 21.1 Å². The van der Waals surface area contributed by atoms with Gasteiger partial charge in [-0.1, -0.05) is 42.3 Å². The number of rotatable bonds is 7. The average Bonchev–Trinajstić information content (AvgIpc) is 3.53. The van der Waals surface area contributed by atoms with Crippen LogP contribution in [0.5, 0.6) is 17.2 Å². The van der Waals surface area contributed by atoms with Crippen molar-refractivity contribution in [3.63, 3.8) is 0 Å². The standard InChI is InChI=1S/C38H36N4O2S.Pt/c1-23-18-31(45-6)19-24(2)37(23)38-25(3)40-42(26(38)4)27-10-9-11-29(20-27)44-30-14-15-33-32-12-7-8-13-34(32)41(35(33)21-30)36-22-28(43-5)16-17-39-36;/h7-18,22,24,31,37H,19H2,1-6H3;/q-2;+2/t24-,31-,37?;/m0./s1. The summed E-state index contributed by atoms with van der Waals surface area (Å²) in [5.74, 6) is 3.61. The van der Waals surface area contributed by atoms with Crippen LogP contribution in [0.3, 0.4) is 0 Å². The number of nitrogens with zero attached hydrogens (tertiary/aromatic N) is 4. The Kier molecular flexibility index (Phi) is 9.18. The van der Waals surface area contributed by atoms with Gasteiger partial charge in [0.1, 0.15) is 11.6 Å². The minimum atomic E-state index is 0. The van der Waals surface area contributed by atoms with Gasteiger partial charge in [-0.3, -0.25) is 4.68 Å². The van der Waals surface area contributed by atoms with Crippen molar-refractivity contribution in [1.82, 2.24) is 19.3 Å². The molecule has 46 heavy (non-hydrogen) atoms. The van der Waals surface area contributed by atoms with Gasteiger partial charge in [0, 0.05) is 51.7 Å². The molecule has 3 aromatic heterocycles. The van der Waals surface area contributed by atoms with Crippen LogP contribution in [0.25, 0.3) is 33.3 Å². The zero-order chi connectivity index (χ0) is 31.2. The molecule has 0 N–H and O–H groups in total. The van der Waals surface area contributed by atoms with Crippen LogP contribution in [0, 0.1) is 31.9 Å². The van der Waals surface area contributed by atoms with E-state index in [1.54, 1.807) is 13.3 Å². The van der Waals surface area contributed by atoms with Crippen LogP contribution < -0.4 is 9.47 Å². The molecule has 1 unspecified atom stereocenters. The van der Waals surface area contributed by atoms with Crippen molar-refractivity contribution in [1.29, 1.82) is 0 Å². The Balaban J connectivity index is 0.00000372. The summed E-state index contributed by atoms with van der Waals surface area (Å²) < 4.78 is 16.0. The second-order valence-corrected chi connectivity index (χ2v) is 12.9. The summed E-state index contributed by atoms with van der Waals surface area (Å²) in [5.41, 5.74) is 7.75. The molecule has 0 radical (unpaired) electrons.